The van der Waals surface area contributed by atoms with Crippen molar-refractivity contribution >= 4 is 5.69 Å². The molecule has 122 valence electrons. The smallest absolute Gasteiger partial charge is 0.0544 e. The number of allylic oxidation sites excluding steroid dienone is 1. The Morgan fingerprint density at radius 2 is 2.17 bits per heavy atom. The molecule has 1 saturated carbocycles. The van der Waals surface area contributed by atoms with Crippen molar-refractivity contribution in [2.45, 2.75) is 37.3 Å². The molecular weight excluding hydrogens is 284 g/mol. The van der Waals surface area contributed by atoms with Crippen LogP contribution in [-0.4, -0.2) is 48.8 Å². The first-order valence-corrected chi connectivity index (χ1v) is 9.04. The topological polar surface area (TPSA) is 26.7 Å². The number of hydrogen-bond donors (Lipinski definition) is 1. The van der Waals surface area contributed by atoms with Crippen molar-refractivity contribution in [2.75, 3.05) is 31.6 Å². The van der Waals surface area contributed by atoms with Gasteiger partial charge in [0.25, 0.3) is 0 Å². The van der Waals surface area contributed by atoms with Crippen LogP contribution in [0.3, 0.4) is 0 Å². The quantitative estimate of drug-likeness (QED) is 0.807. The van der Waals surface area contributed by atoms with E-state index >= 15 is 0 Å². The van der Waals surface area contributed by atoms with Crippen molar-refractivity contribution in [3.8, 4) is 0 Å². The molecule has 3 nitrogen and oxygen atoms in total. The van der Waals surface area contributed by atoms with Gasteiger partial charge in [0.15, 0.2) is 0 Å². The third kappa shape index (κ3) is 1.49. The van der Waals surface area contributed by atoms with Crippen LogP contribution in [0, 0.1) is 11.8 Å². The van der Waals surface area contributed by atoms with E-state index in [-0.39, 0.29) is 5.41 Å². The van der Waals surface area contributed by atoms with E-state index in [2.05, 4.69) is 54.1 Å². The van der Waals surface area contributed by atoms with Gasteiger partial charge in [0, 0.05) is 43.3 Å². The molecule has 0 amide bonds. The van der Waals surface area contributed by atoms with Crippen molar-refractivity contribution in [2.24, 2.45) is 11.8 Å². The number of aliphatic hydroxyl groups is 1. The minimum Gasteiger partial charge on any atom is -0.396 e. The molecule has 1 unspecified atom stereocenters. The van der Waals surface area contributed by atoms with Gasteiger partial charge in [-0.1, -0.05) is 29.8 Å². The Morgan fingerprint density at radius 1 is 1.35 bits per heavy atom. The Kier molecular flexibility index (Phi) is 2.82. The molecule has 2 saturated heterocycles. The van der Waals surface area contributed by atoms with Crippen molar-refractivity contribution in [1.29, 1.82) is 0 Å². The summed E-state index contributed by atoms with van der Waals surface area (Å²) in [5, 5.41) is 10.4. The highest BCUT2D eigenvalue weighted by atomic mass is 16.3. The maximum absolute atomic E-state index is 10.4. The largest absolute Gasteiger partial charge is 0.396 e. The molecule has 5 atom stereocenters. The van der Waals surface area contributed by atoms with Crippen LogP contribution in [0.15, 0.2) is 35.9 Å². The van der Waals surface area contributed by atoms with Crippen LogP contribution in [0.2, 0.25) is 0 Å². The van der Waals surface area contributed by atoms with Crippen molar-refractivity contribution in [1.82, 2.24) is 4.90 Å². The summed E-state index contributed by atoms with van der Waals surface area (Å²) in [4.78, 5) is 5.25. The predicted molar refractivity (Wildman–Crippen MR) is 92.7 cm³/mol. The van der Waals surface area contributed by atoms with Crippen LogP contribution in [0.25, 0.3) is 0 Å². The molecule has 0 aromatic heterocycles. The average Bonchev–Trinajstić information content (AvgIpc) is 2.85. The Labute approximate surface area is 138 Å². The predicted octanol–water partition coefficient (Wildman–Crippen LogP) is 2.41. The number of hydrogen-bond acceptors (Lipinski definition) is 3. The average molecular weight is 310 g/mol. The molecule has 3 heterocycles. The fourth-order valence-electron chi connectivity index (χ4n) is 6.63. The summed E-state index contributed by atoms with van der Waals surface area (Å²) in [7, 11) is 2.27. The molecule has 5 rings (SSSR count). The Balaban J connectivity index is 1.76. The van der Waals surface area contributed by atoms with Crippen LogP contribution < -0.4 is 4.90 Å². The Morgan fingerprint density at radius 3 is 2.96 bits per heavy atom. The number of aliphatic hydroxyl groups excluding tert-OH is 1. The van der Waals surface area contributed by atoms with Gasteiger partial charge in [0.05, 0.1) is 6.04 Å². The normalized spacial score (nSPS) is 42.9. The van der Waals surface area contributed by atoms with Crippen LogP contribution in [0.4, 0.5) is 5.69 Å². The fraction of sp³-hybridized carbons (Fsp3) is 0.600. The van der Waals surface area contributed by atoms with E-state index in [4.69, 9.17) is 0 Å². The zero-order valence-corrected chi connectivity index (χ0v) is 14.1. The van der Waals surface area contributed by atoms with E-state index in [0.717, 1.165) is 6.54 Å². The number of benzene rings is 1. The van der Waals surface area contributed by atoms with E-state index in [9.17, 15) is 5.11 Å². The van der Waals surface area contributed by atoms with Gasteiger partial charge >= 0.3 is 0 Å². The number of piperidine rings is 2. The number of anilines is 1. The van der Waals surface area contributed by atoms with Crippen molar-refractivity contribution < 1.29 is 5.11 Å². The van der Waals surface area contributed by atoms with E-state index in [1.165, 1.54) is 30.6 Å². The van der Waals surface area contributed by atoms with Crippen LogP contribution in [0.5, 0.6) is 0 Å². The van der Waals surface area contributed by atoms with Gasteiger partial charge in [-0.25, -0.2) is 0 Å². The summed E-state index contributed by atoms with van der Waals surface area (Å²) in [6.07, 6.45) is 4.73. The third-order valence-corrected chi connectivity index (χ3v) is 7.45. The zero-order valence-electron chi connectivity index (χ0n) is 14.1. The molecule has 1 aromatic rings. The van der Waals surface area contributed by atoms with Crippen LogP contribution in [0.1, 0.15) is 25.3 Å². The minimum atomic E-state index is 0.138. The van der Waals surface area contributed by atoms with Crippen molar-refractivity contribution in [3.05, 3.63) is 41.5 Å². The third-order valence-electron chi connectivity index (χ3n) is 7.45. The maximum Gasteiger partial charge on any atom is 0.0544 e. The molecule has 0 spiro atoms. The molecule has 4 aliphatic rings. The molecule has 1 N–H and O–H groups in total. The maximum atomic E-state index is 10.4. The molecular formula is C20H26N2O. The lowest BCUT2D eigenvalue weighted by Crippen LogP contribution is -2.72. The SMILES string of the molecule is C/C=C1/CN2CC[C@@]34c5ccccc5N(C)[C@@H]3[C@@H]2C[C@@H]1C4CO. The van der Waals surface area contributed by atoms with Crippen LogP contribution in [-0.2, 0) is 5.41 Å². The number of fused-ring (bicyclic) bond motifs is 2. The zero-order chi connectivity index (χ0) is 15.8. The molecule has 3 bridgehead atoms. The van der Waals surface area contributed by atoms with E-state index < -0.39 is 0 Å². The summed E-state index contributed by atoms with van der Waals surface area (Å²) in [5.41, 5.74) is 4.59. The van der Waals surface area contributed by atoms with Gasteiger partial charge in [-0.2, -0.15) is 0 Å². The summed E-state index contributed by atoms with van der Waals surface area (Å²) < 4.78 is 0. The number of nitrogens with zero attached hydrogens (tertiary/aromatic N) is 2. The molecule has 3 heteroatoms. The molecule has 0 radical (unpaired) electrons. The Bertz CT molecular complexity index is 684. The van der Waals surface area contributed by atoms with E-state index in [1.54, 1.807) is 5.57 Å². The highest BCUT2D eigenvalue weighted by Gasteiger charge is 2.66. The van der Waals surface area contributed by atoms with Gasteiger partial charge in [-0.15, -0.1) is 0 Å². The second-order valence-electron chi connectivity index (χ2n) is 7.90. The van der Waals surface area contributed by atoms with Gasteiger partial charge in [-0.3, -0.25) is 4.90 Å². The Hall–Kier alpha value is -1.32. The van der Waals surface area contributed by atoms with E-state index in [1.807, 2.05) is 0 Å². The van der Waals surface area contributed by atoms with Crippen LogP contribution >= 0.6 is 0 Å². The first-order valence-electron chi connectivity index (χ1n) is 9.04. The molecule has 3 aliphatic heterocycles. The summed E-state index contributed by atoms with van der Waals surface area (Å²) >= 11 is 0. The summed E-state index contributed by atoms with van der Waals surface area (Å²) in [5.74, 6) is 0.922. The lowest BCUT2D eigenvalue weighted by molar-refractivity contribution is -0.0628. The molecule has 1 aromatic carbocycles. The molecule has 1 aliphatic carbocycles. The minimum absolute atomic E-state index is 0.138. The lowest BCUT2D eigenvalue weighted by Gasteiger charge is -2.63. The second-order valence-corrected chi connectivity index (χ2v) is 7.90. The molecule has 3 fully saturated rings. The fourth-order valence-corrected chi connectivity index (χ4v) is 6.63. The number of likely N-dealkylation sites (N-methyl/N-ethyl adjacent to an activating group) is 1. The van der Waals surface area contributed by atoms with Gasteiger partial charge < -0.3 is 10.0 Å². The highest BCUT2D eigenvalue weighted by molar-refractivity contribution is 5.66. The second kappa shape index (κ2) is 4.61. The summed E-state index contributed by atoms with van der Waals surface area (Å²) in [6, 6.07) is 10.1. The van der Waals surface area contributed by atoms with Gasteiger partial charge in [-0.05, 0) is 43.9 Å². The van der Waals surface area contributed by atoms with E-state index in [0.29, 0.717) is 30.5 Å². The first kappa shape index (κ1) is 14.1. The monoisotopic (exact) mass is 310 g/mol. The van der Waals surface area contributed by atoms with Gasteiger partial charge in [0.2, 0.25) is 0 Å². The lowest BCUT2D eigenvalue weighted by atomic mass is 9.50. The number of rotatable bonds is 1. The standard InChI is InChI=1S/C20H26N2O/c1-3-13-11-22-9-8-20-15-6-4-5-7-17(15)21(2)19(20)18(22)10-14(13)16(20)12-23/h3-7,14,16,18-19,23H,8-12H2,1-2H3/b13-3-/t14-,16?,18-,19+,20-/m0/s1. The molecule has 23 heavy (non-hydrogen) atoms. The highest BCUT2D eigenvalue weighted by Crippen LogP contribution is 2.62. The first-order chi connectivity index (χ1) is 11.2. The number of para-hydroxylation sites is 1. The summed E-state index contributed by atoms with van der Waals surface area (Å²) in [6.45, 7) is 4.77. The van der Waals surface area contributed by atoms with Crippen molar-refractivity contribution in [3.63, 3.8) is 0 Å². The van der Waals surface area contributed by atoms with Gasteiger partial charge in [0.1, 0.15) is 0 Å².